The molecule has 0 aliphatic heterocycles. The van der Waals surface area contributed by atoms with Crippen molar-refractivity contribution in [3.05, 3.63) is 0 Å². The smallest absolute Gasteiger partial charge is 0.0570 e. The second-order valence-corrected chi connectivity index (χ2v) is 4.38. The van der Waals surface area contributed by atoms with Crippen LogP contribution in [0.1, 0.15) is 38.5 Å². The Morgan fingerprint density at radius 1 is 1.08 bits per heavy atom. The second kappa shape index (κ2) is 3.35. The fourth-order valence-electron chi connectivity index (χ4n) is 2.50. The van der Waals surface area contributed by atoms with Crippen molar-refractivity contribution in [2.24, 2.45) is 0 Å². The maximum absolute atomic E-state index is 9.18. The van der Waals surface area contributed by atoms with Crippen molar-refractivity contribution < 1.29 is 5.11 Å². The van der Waals surface area contributed by atoms with E-state index in [9.17, 15) is 5.11 Å². The Hall–Kier alpha value is -0.0800. The minimum absolute atomic E-state index is 0.00106. The van der Waals surface area contributed by atoms with Crippen molar-refractivity contribution in [1.82, 2.24) is 4.90 Å². The van der Waals surface area contributed by atoms with Crippen LogP contribution in [-0.2, 0) is 0 Å². The van der Waals surface area contributed by atoms with Crippen LogP contribution < -0.4 is 0 Å². The molecule has 12 heavy (non-hydrogen) atoms. The SMILES string of the molecule is CN(C1CCCC1)C1CC(O)C1. The van der Waals surface area contributed by atoms with Gasteiger partial charge in [-0.25, -0.2) is 0 Å². The average molecular weight is 169 g/mol. The minimum atomic E-state index is -0.00106. The van der Waals surface area contributed by atoms with E-state index < -0.39 is 0 Å². The predicted octanol–water partition coefficient (Wildman–Crippen LogP) is 1.38. The molecule has 0 unspecified atom stereocenters. The summed E-state index contributed by atoms with van der Waals surface area (Å²) in [5.41, 5.74) is 0. The fourth-order valence-corrected chi connectivity index (χ4v) is 2.50. The number of aliphatic hydroxyl groups excluding tert-OH is 1. The summed E-state index contributed by atoms with van der Waals surface area (Å²) in [7, 11) is 2.23. The zero-order valence-corrected chi connectivity index (χ0v) is 7.87. The molecule has 1 N–H and O–H groups in total. The Kier molecular flexibility index (Phi) is 2.37. The standard InChI is InChI=1S/C10H19NO/c1-11(8-4-2-3-5-8)9-6-10(12)7-9/h8-10,12H,2-7H2,1H3. The summed E-state index contributed by atoms with van der Waals surface area (Å²) in [4.78, 5) is 2.50. The summed E-state index contributed by atoms with van der Waals surface area (Å²) in [5.74, 6) is 0. The molecule has 0 aromatic rings. The van der Waals surface area contributed by atoms with Crippen molar-refractivity contribution in [2.75, 3.05) is 7.05 Å². The summed E-state index contributed by atoms with van der Waals surface area (Å²) < 4.78 is 0. The molecule has 0 aromatic carbocycles. The van der Waals surface area contributed by atoms with Gasteiger partial charge in [0.1, 0.15) is 0 Å². The number of aliphatic hydroxyl groups is 1. The summed E-state index contributed by atoms with van der Waals surface area (Å²) in [6.07, 6.45) is 7.58. The number of hydrogen-bond acceptors (Lipinski definition) is 2. The molecule has 2 rings (SSSR count). The first-order valence-corrected chi connectivity index (χ1v) is 5.17. The number of hydrogen-bond donors (Lipinski definition) is 1. The zero-order valence-electron chi connectivity index (χ0n) is 7.87. The highest BCUT2D eigenvalue weighted by Gasteiger charge is 2.34. The highest BCUT2D eigenvalue weighted by Crippen LogP contribution is 2.31. The first kappa shape index (κ1) is 8.52. The summed E-state index contributed by atoms with van der Waals surface area (Å²) >= 11 is 0. The van der Waals surface area contributed by atoms with E-state index in [1.54, 1.807) is 0 Å². The quantitative estimate of drug-likeness (QED) is 0.675. The van der Waals surface area contributed by atoms with Crippen LogP contribution in [0.5, 0.6) is 0 Å². The van der Waals surface area contributed by atoms with E-state index in [0.29, 0.717) is 6.04 Å². The van der Waals surface area contributed by atoms with Gasteiger partial charge >= 0.3 is 0 Å². The normalized spacial score (nSPS) is 37.2. The summed E-state index contributed by atoms with van der Waals surface area (Å²) in [6, 6.07) is 1.51. The maximum atomic E-state index is 9.18. The van der Waals surface area contributed by atoms with Crippen molar-refractivity contribution in [1.29, 1.82) is 0 Å². The molecule has 2 nitrogen and oxygen atoms in total. The van der Waals surface area contributed by atoms with E-state index >= 15 is 0 Å². The third kappa shape index (κ3) is 1.50. The van der Waals surface area contributed by atoms with Gasteiger partial charge in [-0.3, -0.25) is 0 Å². The fraction of sp³-hybridized carbons (Fsp3) is 1.00. The van der Waals surface area contributed by atoms with Gasteiger partial charge in [0.05, 0.1) is 6.10 Å². The van der Waals surface area contributed by atoms with Crippen LogP contribution in [0.25, 0.3) is 0 Å². The van der Waals surface area contributed by atoms with Crippen LogP contribution in [0.15, 0.2) is 0 Å². The Morgan fingerprint density at radius 2 is 1.67 bits per heavy atom. The van der Waals surface area contributed by atoms with Gasteiger partial charge in [0.15, 0.2) is 0 Å². The molecule has 2 heteroatoms. The van der Waals surface area contributed by atoms with Gasteiger partial charge in [-0.05, 0) is 32.7 Å². The van der Waals surface area contributed by atoms with E-state index in [4.69, 9.17) is 0 Å². The van der Waals surface area contributed by atoms with Gasteiger partial charge in [-0.1, -0.05) is 12.8 Å². The van der Waals surface area contributed by atoms with Crippen molar-refractivity contribution >= 4 is 0 Å². The molecule has 0 heterocycles. The Balaban J connectivity index is 1.79. The highest BCUT2D eigenvalue weighted by atomic mass is 16.3. The van der Waals surface area contributed by atoms with Gasteiger partial charge in [0.2, 0.25) is 0 Å². The van der Waals surface area contributed by atoms with Crippen LogP contribution >= 0.6 is 0 Å². The minimum Gasteiger partial charge on any atom is -0.393 e. The highest BCUT2D eigenvalue weighted by molar-refractivity contribution is 4.89. The third-order valence-corrected chi connectivity index (χ3v) is 3.56. The second-order valence-electron chi connectivity index (χ2n) is 4.38. The molecule has 0 bridgehead atoms. The van der Waals surface area contributed by atoms with Crippen LogP contribution in [0.2, 0.25) is 0 Å². The molecule has 0 amide bonds. The average Bonchev–Trinajstić information content (AvgIpc) is 2.49. The molecular weight excluding hydrogens is 150 g/mol. The largest absolute Gasteiger partial charge is 0.393 e. The molecule has 0 saturated heterocycles. The summed E-state index contributed by atoms with van der Waals surface area (Å²) in [6.45, 7) is 0. The lowest BCUT2D eigenvalue weighted by Gasteiger charge is -2.41. The molecule has 0 aromatic heterocycles. The van der Waals surface area contributed by atoms with Crippen LogP contribution in [0.4, 0.5) is 0 Å². The first-order chi connectivity index (χ1) is 5.77. The first-order valence-electron chi connectivity index (χ1n) is 5.17. The number of nitrogens with zero attached hydrogens (tertiary/aromatic N) is 1. The van der Waals surface area contributed by atoms with Crippen LogP contribution in [-0.4, -0.2) is 35.2 Å². The van der Waals surface area contributed by atoms with Gasteiger partial charge in [0, 0.05) is 12.1 Å². The van der Waals surface area contributed by atoms with Crippen molar-refractivity contribution in [2.45, 2.75) is 56.7 Å². The lowest BCUT2D eigenvalue weighted by molar-refractivity contribution is -0.00333. The molecule has 2 aliphatic carbocycles. The van der Waals surface area contributed by atoms with E-state index in [0.717, 1.165) is 18.9 Å². The molecule has 2 saturated carbocycles. The molecule has 0 spiro atoms. The molecule has 2 aliphatic rings. The predicted molar refractivity (Wildman–Crippen MR) is 49.0 cm³/mol. The topological polar surface area (TPSA) is 23.5 Å². The lowest BCUT2D eigenvalue weighted by atomic mass is 9.87. The maximum Gasteiger partial charge on any atom is 0.0570 e. The van der Waals surface area contributed by atoms with E-state index in [2.05, 4.69) is 11.9 Å². The van der Waals surface area contributed by atoms with Gasteiger partial charge < -0.3 is 10.0 Å². The number of rotatable bonds is 2. The Bertz CT molecular complexity index is 148. The van der Waals surface area contributed by atoms with Crippen LogP contribution in [0, 0.1) is 0 Å². The third-order valence-electron chi connectivity index (χ3n) is 3.56. The Labute approximate surface area is 74.6 Å². The summed E-state index contributed by atoms with van der Waals surface area (Å²) in [5, 5.41) is 9.18. The van der Waals surface area contributed by atoms with Crippen LogP contribution in [0.3, 0.4) is 0 Å². The van der Waals surface area contributed by atoms with Crippen molar-refractivity contribution in [3.63, 3.8) is 0 Å². The molecule has 0 radical (unpaired) electrons. The molecule has 2 fully saturated rings. The van der Waals surface area contributed by atoms with Crippen molar-refractivity contribution in [3.8, 4) is 0 Å². The monoisotopic (exact) mass is 169 g/mol. The Morgan fingerprint density at radius 3 is 2.17 bits per heavy atom. The van der Waals surface area contributed by atoms with Gasteiger partial charge in [-0.15, -0.1) is 0 Å². The molecular formula is C10H19NO. The van der Waals surface area contributed by atoms with E-state index in [1.165, 1.54) is 25.7 Å². The zero-order chi connectivity index (χ0) is 8.55. The van der Waals surface area contributed by atoms with Gasteiger partial charge in [0.25, 0.3) is 0 Å². The van der Waals surface area contributed by atoms with E-state index in [-0.39, 0.29) is 6.10 Å². The van der Waals surface area contributed by atoms with Gasteiger partial charge in [-0.2, -0.15) is 0 Å². The lowest BCUT2D eigenvalue weighted by Crippen LogP contribution is -2.48. The molecule has 70 valence electrons. The van der Waals surface area contributed by atoms with E-state index in [1.807, 2.05) is 0 Å². The molecule has 0 atom stereocenters.